The normalized spacial score (nSPS) is 12.9. The van der Waals surface area contributed by atoms with Gasteiger partial charge in [-0.15, -0.1) is 0 Å². The van der Waals surface area contributed by atoms with Crippen LogP contribution in [-0.2, 0) is 11.8 Å². The highest BCUT2D eigenvalue weighted by Crippen LogP contribution is 2.11. The summed E-state index contributed by atoms with van der Waals surface area (Å²) in [7, 11) is 3.07. The minimum atomic E-state index is -1.02. The number of ether oxygens (including phenoxy) is 1. The highest BCUT2D eigenvalue weighted by atomic mass is 16.6. The van der Waals surface area contributed by atoms with Gasteiger partial charge >= 0.3 is 0 Å². The standard InChI is InChI=1S/C9H13NO3/c1-6-4-7(9(12)13-3)5-8(11)10(6)2/h4-5,9,12H,1-3H3. The molecule has 1 heterocycles. The maximum atomic E-state index is 11.3. The van der Waals surface area contributed by atoms with Crippen molar-refractivity contribution in [2.45, 2.75) is 13.2 Å². The number of methoxy groups -OCH3 is 1. The Kier molecular flexibility index (Phi) is 2.85. The maximum absolute atomic E-state index is 11.3. The van der Waals surface area contributed by atoms with Crippen molar-refractivity contribution in [1.82, 2.24) is 4.57 Å². The molecule has 1 aromatic rings. The molecule has 1 unspecified atom stereocenters. The van der Waals surface area contributed by atoms with Crippen molar-refractivity contribution in [3.63, 3.8) is 0 Å². The number of pyridine rings is 1. The van der Waals surface area contributed by atoms with Crippen LogP contribution in [0.15, 0.2) is 16.9 Å². The summed E-state index contributed by atoms with van der Waals surface area (Å²) in [6.07, 6.45) is -1.02. The number of hydrogen-bond donors (Lipinski definition) is 1. The predicted octanol–water partition coefficient (Wildman–Crippen LogP) is 0.331. The van der Waals surface area contributed by atoms with E-state index in [2.05, 4.69) is 0 Å². The van der Waals surface area contributed by atoms with E-state index in [4.69, 9.17) is 4.74 Å². The van der Waals surface area contributed by atoms with Crippen molar-refractivity contribution in [1.29, 1.82) is 0 Å². The molecule has 0 aliphatic rings. The minimum Gasteiger partial charge on any atom is -0.364 e. The third-order valence-electron chi connectivity index (χ3n) is 2.03. The molecule has 0 saturated carbocycles. The first-order valence-corrected chi connectivity index (χ1v) is 3.94. The molecule has 0 aliphatic carbocycles. The highest BCUT2D eigenvalue weighted by Gasteiger charge is 2.07. The van der Waals surface area contributed by atoms with E-state index in [1.807, 2.05) is 0 Å². The van der Waals surface area contributed by atoms with Gasteiger partial charge in [-0.2, -0.15) is 0 Å². The Morgan fingerprint density at radius 1 is 1.54 bits per heavy atom. The molecule has 0 saturated heterocycles. The van der Waals surface area contributed by atoms with Gasteiger partial charge in [0.05, 0.1) is 0 Å². The first kappa shape index (κ1) is 9.95. The third kappa shape index (κ3) is 1.96. The molecule has 1 rings (SSSR count). The van der Waals surface area contributed by atoms with E-state index in [1.165, 1.54) is 17.7 Å². The summed E-state index contributed by atoms with van der Waals surface area (Å²) in [4.78, 5) is 11.3. The van der Waals surface area contributed by atoms with E-state index in [-0.39, 0.29) is 5.56 Å². The van der Waals surface area contributed by atoms with E-state index in [1.54, 1.807) is 20.0 Å². The summed E-state index contributed by atoms with van der Waals surface area (Å²) in [6, 6.07) is 3.08. The van der Waals surface area contributed by atoms with Crippen LogP contribution in [0.5, 0.6) is 0 Å². The van der Waals surface area contributed by atoms with Crippen LogP contribution in [0.2, 0.25) is 0 Å². The van der Waals surface area contributed by atoms with Crippen molar-refractivity contribution < 1.29 is 9.84 Å². The van der Waals surface area contributed by atoms with Gasteiger partial charge in [0.25, 0.3) is 5.56 Å². The Morgan fingerprint density at radius 2 is 2.15 bits per heavy atom. The second kappa shape index (κ2) is 3.72. The van der Waals surface area contributed by atoms with Crippen LogP contribution in [0.1, 0.15) is 17.5 Å². The fourth-order valence-electron chi connectivity index (χ4n) is 1.07. The van der Waals surface area contributed by atoms with Crippen LogP contribution < -0.4 is 5.56 Å². The first-order valence-electron chi connectivity index (χ1n) is 3.94. The van der Waals surface area contributed by atoms with Crippen molar-refractivity contribution in [3.05, 3.63) is 33.7 Å². The largest absolute Gasteiger partial charge is 0.364 e. The summed E-state index contributed by atoms with van der Waals surface area (Å²) >= 11 is 0. The summed E-state index contributed by atoms with van der Waals surface area (Å²) in [5.74, 6) is 0. The Balaban J connectivity index is 3.21. The van der Waals surface area contributed by atoms with Crippen LogP contribution in [-0.4, -0.2) is 16.8 Å². The molecule has 4 heteroatoms. The van der Waals surface area contributed by atoms with Gasteiger partial charge in [-0.3, -0.25) is 4.79 Å². The monoisotopic (exact) mass is 183 g/mol. The molecule has 0 aliphatic heterocycles. The van der Waals surface area contributed by atoms with E-state index in [9.17, 15) is 9.90 Å². The molecule has 1 atom stereocenters. The summed E-state index contributed by atoms with van der Waals surface area (Å²) < 4.78 is 6.20. The van der Waals surface area contributed by atoms with Gasteiger partial charge in [-0.1, -0.05) is 0 Å². The zero-order valence-corrected chi connectivity index (χ0v) is 7.94. The molecule has 4 nitrogen and oxygen atoms in total. The van der Waals surface area contributed by atoms with Crippen molar-refractivity contribution in [3.8, 4) is 0 Å². The van der Waals surface area contributed by atoms with Crippen LogP contribution >= 0.6 is 0 Å². The van der Waals surface area contributed by atoms with E-state index >= 15 is 0 Å². The molecule has 1 N–H and O–H groups in total. The van der Waals surface area contributed by atoms with Gasteiger partial charge in [-0.25, -0.2) is 0 Å². The van der Waals surface area contributed by atoms with E-state index < -0.39 is 6.29 Å². The van der Waals surface area contributed by atoms with Gasteiger partial charge < -0.3 is 14.4 Å². The Hall–Kier alpha value is -1.13. The lowest BCUT2D eigenvalue weighted by Gasteiger charge is -2.10. The molecule has 1 aromatic heterocycles. The lowest BCUT2D eigenvalue weighted by Crippen LogP contribution is -2.19. The second-order valence-electron chi connectivity index (χ2n) is 2.92. The fraction of sp³-hybridized carbons (Fsp3) is 0.444. The lowest BCUT2D eigenvalue weighted by atomic mass is 10.2. The molecule has 0 bridgehead atoms. The number of hydrogen-bond acceptors (Lipinski definition) is 3. The topological polar surface area (TPSA) is 51.5 Å². The van der Waals surface area contributed by atoms with Crippen LogP contribution in [0.4, 0.5) is 0 Å². The van der Waals surface area contributed by atoms with Crippen LogP contribution in [0, 0.1) is 6.92 Å². The molecule has 0 fully saturated rings. The number of aromatic nitrogens is 1. The molecule has 0 radical (unpaired) electrons. The van der Waals surface area contributed by atoms with Crippen LogP contribution in [0.3, 0.4) is 0 Å². The average Bonchev–Trinajstić information content (AvgIpc) is 2.12. The zero-order chi connectivity index (χ0) is 10.0. The highest BCUT2D eigenvalue weighted by molar-refractivity contribution is 5.17. The van der Waals surface area contributed by atoms with Gasteiger partial charge in [0.1, 0.15) is 0 Å². The van der Waals surface area contributed by atoms with Crippen molar-refractivity contribution in [2.75, 3.05) is 7.11 Å². The molecule has 0 aromatic carbocycles. The number of nitrogens with zero attached hydrogens (tertiary/aromatic N) is 1. The summed E-state index contributed by atoms with van der Waals surface area (Å²) in [5.41, 5.74) is 1.13. The Labute approximate surface area is 76.4 Å². The van der Waals surface area contributed by atoms with Gasteiger partial charge in [0.15, 0.2) is 6.29 Å². The smallest absolute Gasteiger partial charge is 0.250 e. The van der Waals surface area contributed by atoms with Gasteiger partial charge in [-0.05, 0) is 13.0 Å². The predicted molar refractivity (Wildman–Crippen MR) is 48.4 cm³/mol. The van der Waals surface area contributed by atoms with E-state index in [0.29, 0.717) is 5.56 Å². The molecule has 72 valence electrons. The van der Waals surface area contributed by atoms with Gasteiger partial charge in [0, 0.05) is 31.5 Å². The lowest BCUT2D eigenvalue weighted by molar-refractivity contribution is -0.0771. The number of aliphatic hydroxyl groups is 1. The molecular weight excluding hydrogens is 170 g/mol. The summed E-state index contributed by atoms with van der Waals surface area (Å²) in [5, 5.41) is 9.30. The number of rotatable bonds is 2. The molecule has 0 amide bonds. The Morgan fingerprint density at radius 3 is 2.62 bits per heavy atom. The number of aryl methyl sites for hydroxylation is 1. The molecule has 0 spiro atoms. The maximum Gasteiger partial charge on any atom is 0.250 e. The molecular formula is C9H13NO3. The van der Waals surface area contributed by atoms with Crippen LogP contribution in [0.25, 0.3) is 0 Å². The Bertz CT molecular complexity index is 356. The second-order valence-corrected chi connectivity index (χ2v) is 2.92. The number of aliphatic hydroxyl groups excluding tert-OH is 1. The average molecular weight is 183 g/mol. The quantitative estimate of drug-likeness (QED) is 0.672. The third-order valence-corrected chi connectivity index (χ3v) is 2.03. The van der Waals surface area contributed by atoms with E-state index in [0.717, 1.165) is 5.69 Å². The first-order chi connectivity index (χ1) is 6.06. The fourth-order valence-corrected chi connectivity index (χ4v) is 1.07. The zero-order valence-electron chi connectivity index (χ0n) is 7.94. The minimum absolute atomic E-state index is 0.147. The SMILES string of the molecule is COC(O)c1cc(C)n(C)c(=O)c1. The van der Waals surface area contributed by atoms with Gasteiger partial charge in [0.2, 0.25) is 0 Å². The van der Waals surface area contributed by atoms with Crippen molar-refractivity contribution >= 4 is 0 Å². The summed E-state index contributed by atoms with van der Waals surface area (Å²) in [6.45, 7) is 1.80. The molecule has 13 heavy (non-hydrogen) atoms. The van der Waals surface area contributed by atoms with Crippen molar-refractivity contribution in [2.24, 2.45) is 7.05 Å².